The number of nitrogens with zero attached hydrogens (tertiary/aromatic N) is 1. The molecule has 4 heteroatoms. The van der Waals surface area contributed by atoms with Gasteiger partial charge in [0.1, 0.15) is 0 Å². The van der Waals surface area contributed by atoms with Gasteiger partial charge in [0.2, 0.25) is 5.91 Å². The molecule has 0 aromatic carbocycles. The first kappa shape index (κ1) is 11.5. The van der Waals surface area contributed by atoms with Crippen LogP contribution in [0.5, 0.6) is 0 Å². The lowest BCUT2D eigenvalue weighted by Crippen LogP contribution is -2.47. The van der Waals surface area contributed by atoms with E-state index >= 15 is 0 Å². The molecule has 2 atom stereocenters. The van der Waals surface area contributed by atoms with Crippen LogP contribution in [0.1, 0.15) is 27.2 Å². The predicted molar refractivity (Wildman–Crippen MR) is 54.6 cm³/mol. The van der Waals surface area contributed by atoms with Gasteiger partial charge in [-0.1, -0.05) is 20.8 Å². The molecule has 0 bridgehead atoms. The topological polar surface area (TPSA) is 66.6 Å². The van der Waals surface area contributed by atoms with Gasteiger partial charge in [-0.2, -0.15) is 0 Å². The molecule has 1 rings (SSSR count). The number of hydrogen-bond acceptors (Lipinski definition) is 3. The Morgan fingerprint density at radius 2 is 2.21 bits per heavy atom. The minimum absolute atomic E-state index is 0.00194. The summed E-state index contributed by atoms with van der Waals surface area (Å²) >= 11 is 0. The summed E-state index contributed by atoms with van der Waals surface area (Å²) in [5.74, 6) is 0.0616. The van der Waals surface area contributed by atoms with Crippen molar-refractivity contribution in [3.8, 4) is 0 Å². The molecular formula is C10H20N2O2. The zero-order valence-electron chi connectivity index (χ0n) is 9.16. The van der Waals surface area contributed by atoms with Crippen LogP contribution in [0.2, 0.25) is 0 Å². The Morgan fingerprint density at radius 1 is 1.64 bits per heavy atom. The molecule has 82 valence electrons. The van der Waals surface area contributed by atoms with Gasteiger partial charge in [-0.25, -0.2) is 0 Å². The normalized spacial score (nSPS) is 25.6. The van der Waals surface area contributed by atoms with Crippen LogP contribution in [0.15, 0.2) is 0 Å². The molecule has 14 heavy (non-hydrogen) atoms. The van der Waals surface area contributed by atoms with Crippen molar-refractivity contribution in [1.82, 2.24) is 4.90 Å². The van der Waals surface area contributed by atoms with Gasteiger partial charge in [-0.05, 0) is 5.41 Å². The Morgan fingerprint density at radius 3 is 2.50 bits per heavy atom. The summed E-state index contributed by atoms with van der Waals surface area (Å²) in [7, 11) is 0. The second kappa shape index (κ2) is 3.87. The fourth-order valence-electron chi connectivity index (χ4n) is 1.90. The van der Waals surface area contributed by atoms with Crippen molar-refractivity contribution in [3.05, 3.63) is 0 Å². The Labute approximate surface area is 85.1 Å². The molecular weight excluding hydrogens is 180 g/mol. The predicted octanol–water partition coefficient (Wildman–Crippen LogP) is -0.0470. The number of amides is 1. The van der Waals surface area contributed by atoms with E-state index in [1.165, 1.54) is 0 Å². The van der Waals surface area contributed by atoms with Crippen molar-refractivity contribution in [2.45, 2.75) is 39.3 Å². The molecule has 1 aliphatic rings. The first-order valence-corrected chi connectivity index (χ1v) is 5.02. The summed E-state index contributed by atoms with van der Waals surface area (Å²) < 4.78 is 0. The number of rotatable bonds is 2. The SMILES string of the molecule is CC(C)(C)[C@@H](CO)N1CC(N)CC1=O. The van der Waals surface area contributed by atoms with Gasteiger partial charge >= 0.3 is 0 Å². The Bertz CT molecular complexity index is 223. The third kappa shape index (κ3) is 2.25. The fraction of sp³-hybridized carbons (Fsp3) is 0.900. The van der Waals surface area contributed by atoms with Crippen LogP contribution >= 0.6 is 0 Å². The minimum Gasteiger partial charge on any atom is -0.394 e. The molecule has 1 heterocycles. The maximum Gasteiger partial charge on any atom is 0.224 e. The highest BCUT2D eigenvalue weighted by Crippen LogP contribution is 2.27. The molecule has 1 unspecified atom stereocenters. The van der Waals surface area contributed by atoms with E-state index in [1.54, 1.807) is 4.90 Å². The summed E-state index contributed by atoms with van der Waals surface area (Å²) in [6, 6.07) is -0.192. The largest absolute Gasteiger partial charge is 0.394 e. The number of carbonyl (C=O) groups is 1. The third-order valence-electron chi connectivity index (χ3n) is 2.74. The van der Waals surface area contributed by atoms with E-state index in [2.05, 4.69) is 0 Å². The van der Waals surface area contributed by atoms with Crippen LogP contribution in [0.4, 0.5) is 0 Å². The summed E-state index contributed by atoms with van der Waals surface area (Å²) in [6.45, 7) is 6.63. The van der Waals surface area contributed by atoms with Crippen molar-refractivity contribution in [2.75, 3.05) is 13.2 Å². The molecule has 1 aliphatic heterocycles. The highest BCUT2D eigenvalue weighted by Gasteiger charge is 2.37. The Hall–Kier alpha value is -0.610. The van der Waals surface area contributed by atoms with Crippen LogP contribution in [0, 0.1) is 5.41 Å². The molecule has 1 saturated heterocycles. The molecule has 0 radical (unpaired) electrons. The van der Waals surface area contributed by atoms with Crippen molar-refractivity contribution >= 4 is 5.91 Å². The molecule has 4 nitrogen and oxygen atoms in total. The average Bonchev–Trinajstić information content (AvgIpc) is 2.29. The minimum atomic E-state index is -0.122. The number of hydrogen-bond donors (Lipinski definition) is 2. The fourth-order valence-corrected chi connectivity index (χ4v) is 1.90. The first-order valence-electron chi connectivity index (χ1n) is 5.02. The van der Waals surface area contributed by atoms with Gasteiger partial charge in [-0.3, -0.25) is 4.79 Å². The molecule has 0 aromatic heterocycles. The van der Waals surface area contributed by atoms with E-state index in [1.807, 2.05) is 20.8 Å². The molecule has 0 saturated carbocycles. The van der Waals surface area contributed by atoms with Crippen molar-refractivity contribution in [1.29, 1.82) is 0 Å². The highest BCUT2D eigenvalue weighted by molar-refractivity contribution is 5.79. The van der Waals surface area contributed by atoms with Crippen molar-refractivity contribution < 1.29 is 9.90 Å². The second-order valence-corrected chi connectivity index (χ2v) is 5.07. The Balaban J connectivity index is 2.76. The number of nitrogens with two attached hydrogens (primary N) is 1. The summed E-state index contributed by atoms with van der Waals surface area (Å²) in [4.78, 5) is 13.3. The highest BCUT2D eigenvalue weighted by atomic mass is 16.3. The molecule has 0 aromatic rings. The lowest BCUT2D eigenvalue weighted by Gasteiger charge is -2.36. The van der Waals surface area contributed by atoms with E-state index < -0.39 is 0 Å². The third-order valence-corrected chi connectivity index (χ3v) is 2.74. The zero-order valence-corrected chi connectivity index (χ0v) is 9.16. The lowest BCUT2D eigenvalue weighted by molar-refractivity contribution is -0.132. The van der Waals surface area contributed by atoms with E-state index in [-0.39, 0.29) is 30.0 Å². The number of aliphatic hydroxyl groups is 1. The van der Waals surface area contributed by atoms with Gasteiger partial charge in [0.25, 0.3) is 0 Å². The first-order chi connectivity index (χ1) is 6.36. The quantitative estimate of drug-likeness (QED) is 0.657. The van der Waals surface area contributed by atoms with Crippen LogP contribution in [-0.4, -0.2) is 41.1 Å². The van der Waals surface area contributed by atoms with Crippen molar-refractivity contribution in [3.63, 3.8) is 0 Å². The summed E-state index contributed by atoms with van der Waals surface area (Å²) in [5, 5.41) is 9.29. The second-order valence-electron chi connectivity index (χ2n) is 5.07. The van der Waals surface area contributed by atoms with E-state index in [0.717, 1.165) is 0 Å². The van der Waals surface area contributed by atoms with Crippen LogP contribution in [0.25, 0.3) is 0 Å². The number of aliphatic hydroxyl groups excluding tert-OH is 1. The van der Waals surface area contributed by atoms with E-state index in [4.69, 9.17) is 5.73 Å². The maximum atomic E-state index is 11.6. The number of likely N-dealkylation sites (tertiary alicyclic amines) is 1. The molecule has 1 amide bonds. The van der Waals surface area contributed by atoms with Gasteiger partial charge in [-0.15, -0.1) is 0 Å². The zero-order chi connectivity index (χ0) is 10.9. The van der Waals surface area contributed by atoms with Gasteiger partial charge in [0.05, 0.1) is 12.6 Å². The standard InChI is InChI=1S/C10H20N2O2/c1-10(2,3)8(6-13)12-5-7(11)4-9(12)14/h7-8,13H,4-6,11H2,1-3H3/t7?,8-/m1/s1. The molecule has 3 N–H and O–H groups in total. The van der Waals surface area contributed by atoms with Crippen LogP contribution in [0.3, 0.4) is 0 Å². The van der Waals surface area contributed by atoms with Crippen molar-refractivity contribution in [2.24, 2.45) is 11.1 Å². The number of carbonyl (C=O) groups excluding carboxylic acids is 1. The van der Waals surface area contributed by atoms with Gasteiger partial charge < -0.3 is 15.7 Å². The van der Waals surface area contributed by atoms with Crippen LogP contribution in [-0.2, 0) is 4.79 Å². The molecule has 0 aliphatic carbocycles. The summed E-state index contributed by atoms with van der Waals surface area (Å²) in [5.41, 5.74) is 5.60. The Kier molecular flexibility index (Phi) is 3.17. The maximum absolute atomic E-state index is 11.6. The monoisotopic (exact) mass is 200 g/mol. The lowest BCUT2D eigenvalue weighted by atomic mass is 9.86. The van der Waals surface area contributed by atoms with Gasteiger partial charge in [0, 0.05) is 19.0 Å². The van der Waals surface area contributed by atoms with E-state index in [0.29, 0.717) is 13.0 Å². The van der Waals surface area contributed by atoms with Crippen LogP contribution < -0.4 is 5.73 Å². The molecule has 1 fully saturated rings. The summed E-state index contributed by atoms with van der Waals surface area (Å²) in [6.07, 6.45) is 0.409. The molecule has 0 spiro atoms. The van der Waals surface area contributed by atoms with Gasteiger partial charge in [0.15, 0.2) is 0 Å². The average molecular weight is 200 g/mol. The van der Waals surface area contributed by atoms with E-state index in [9.17, 15) is 9.90 Å². The smallest absolute Gasteiger partial charge is 0.224 e.